The number of benzene rings is 1. The van der Waals surface area contributed by atoms with Gasteiger partial charge in [0.15, 0.2) is 0 Å². The normalized spacial score (nSPS) is 9.77. The quantitative estimate of drug-likeness (QED) is 0.765. The molecule has 13 heavy (non-hydrogen) atoms. The summed E-state index contributed by atoms with van der Waals surface area (Å²) in [4.78, 5) is 10.8. The highest BCUT2D eigenvalue weighted by Gasteiger charge is 2.02. The third-order valence-electron chi connectivity index (χ3n) is 1.27. The molecule has 0 radical (unpaired) electrons. The van der Waals surface area contributed by atoms with E-state index in [4.69, 9.17) is 23.2 Å². The molecule has 0 heterocycles. The highest BCUT2D eigenvalue weighted by Crippen LogP contribution is 2.17. The van der Waals surface area contributed by atoms with E-state index in [2.05, 4.69) is 5.32 Å². The van der Waals surface area contributed by atoms with Crippen LogP contribution in [0.15, 0.2) is 18.2 Å². The first-order valence-electron chi connectivity index (χ1n) is 3.43. The summed E-state index contributed by atoms with van der Waals surface area (Å²) in [6.45, 7) is 0. The van der Waals surface area contributed by atoms with E-state index in [0.717, 1.165) is 12.1 Å². The van der Waals surface area contributed by atoms with Crippen molar-refractivity contribution < 1.29 is 9.18 Å². The lowest BCUT2D eigenvalue weighted by atomic mass is 10.3. The average molecular weight is 222 g/mol. The van der Waals surface area contributed by atoms with Crippen molar-refractivity contribution in [3.8, 4) is 0 Å². The molecule has 0 aliphatic rings. The minimum absolute atomic E-state index is 0.172. The summed E-state index contributed by atoms with van der Waals surface area (Å²) >= 11 is 10.8. The summed E-state index contributed by atoms with van der Waals surface area (Å²) in [6.07, 6.45) is 0. The summed E-state index contributed by atoms with van der Waals surface area (Å²) in [7, 11) is 0. The van der Waals surface area contributed by atoms with Crippen LogP contribution in [-0.4, -0.2) is 11.8 Å². The van der Waals surface area contributed by atoms with Gasteiger partial charge < -0.3 is 5.32 Å². The molecule has 2 nitrogen and oxygen atoms in total. The summed E-state index contributed by atoms with van der Waals surface area (Å²) in [5.74, 6) is -1.07. The number of hydrogen-bond acceptors (Lipinski definition) is 1. The lowest BCUT2D eigenvalue weighted by Gasteiger charge is -2.02. The van der Waals surface area contributed by atoms with Crippen molar-refractivity contribution in [2.75, 3.05) is 11.2 Å². The molecule has 5 heteroatoms. The van der Waals surface area contributed by atoms with E-state index in [1.54, 1.807) is 0 Å². The van der Waals surface area contributed by atoms with Gasteiger partial charge >= 0.3 is 0 Å². The van der Waals surface area contributed by atoms with Crippen molar-refractivity contribution >= 4 is 34.8 Å². The fraction of sp³-hybridized carbons (Fsp3) is 0.125. The third kappa shape index (κ3) is 3.20. The van der Waals surface area contributed by atoms with Gasteiger partial charge in [0.05, 0.1) is 0 Å². The Kier molecular flexibility index (Phi) is 3.51. The molecular formula is C8H6Cl2FNO. The Morgan fingerprint density at radius 2 is 2.15 bits per heavy atom. The highest BCUT2D eigenvalue weighted by molar-refractivity contribution is 6.31. The van der Waals surface area contributed by atoms with Gasteiger partial charge in [-0.1, -0.05) is 11.6 Å². The van der Waals surface area contributed by atoms with E-state index in [1.165, 1.54) is 6.07 Å². The van der Waals surface area contributed by atoms with E-state index in [-0.39, 0.29) is 10.9 Å². The number of nitrogens with one attached hydrogen (secondary N) is 1. The van der Waals surface area contributed by atoms with E-state index < -0.39 is 11.7 Å². The molecule has 1 aromatic carbocycles. The zero-order valence-electron chi connectivity index (χ0n) is 6.48. The van der Waals surface area contributed by atoms with Crippen LogP contribution in [0.25, 0.3) is 0 Å². The second-order valence-electron chi connectivity index (χ2n) is 2.34. The predicted octanol–water partition coefficient (Wildman–Crippen LogP) is 2.66. The minimum atomic E-state index is -0.502. The molecule has 70 valence electrons. The number of carbonyl (C=O) groups is 1. The fourth-order valence-electron chi connectivity index (χ4n) is 0.820. The van der Waals surface area contributed by atoms with Gasteiger partial charge in [-0.3, -0.25) is 4.79 Å². The number of anilines is 1. The zero-order chi connectivity index (χ0) is 9.84. The summed E-state index contributed by atoms with van der Waals surface area (Å²) in [5.41, 5.74) is 0.302. The molecule has 1 rings (SSSR count). The van der Waals surface area contributed by atoms with Crippen LogP contribution in [0.5, 0.6) is 0 Å². The van der Waals surface area contributed by atoms with Crippen molar-refractivity contribution in [2.24, 2.45) is 0 Å². The molecule has 0 bridgehead atoms. The Morgan fingerprint density at radius 1 is 1.46 bits per heavy atom. The van der Waals surface area contributed by atoms with Gasteiger partial charge in [-0.25, -0.2) is 4.39 Å². The van der Waals surface area contributed by atoms with Gasteiger partial charge in [-0.2, -0.15) is 0 Å². The van der Waals surface area contributed by atoms with E-state index in [1.807, 2.05) is 0 Å². The lowest BCUT2D eigenvalue weighted by Crippen LogP contribution is -2.12. The van der Waals surface area contributed by atoms with Crippen LogP contribution >= 0.6 is 23.2 Å². The number of hydrogen-bond donors (Lipinski definition) is 1. The standard InChI is InChI=1S/C8H6Cl2FNO/c9-4-8(13)12-7-2-5(10)1-6(11)3-7/h1-3H,4H2,(H,12,13). The van der Waals surface area contributed by atoms with Gasteiger partial charge in [0.2, 0.25) is 5.91 Å². The molecule has 0 aliphatic heterocycles. The Labute approximate surface area is 84.6 Å². The van der Waals surface area contributed by atoms with Gasteiger partial charge in [-0.05, 0) is 18.2 Å². The van der Waals surface area contributed by atoms with Gasteiger partial charge in [0.1, 0.15) is 11.7 Å². The number of carbonyl (C=O) groups excluding carboxylic acids is 1. The van der Waals surface area contributed by atoms with Crippen LogP contribution < -0.4 is 5.32 Å². The molecule has 0 aromatic heterocycles. The second kappa shape index (κ2) is 4.44. The first-order chi connectivity index (χ1) is 6.11. The first kappa shape index (κ1) is 10.3. The molecule has 0 saturated heterocycles. The average Bonchev–Trinajstić information content (AvgIpc) is 2.02. The molecule has 1 amide bonds. The first-order valence-corrected chi connectivity index (χ1v) is 4.35. The van der Waals surface area contributed by atoms with Crippen LogP contribution in [0.3, 0.4) is 0 Å². The molecule has 1 N–H and O–H groups in total. The van der Waals surface area contributed by atoms with Crippen LogP contribution in [0.4, 0.5) is 10.1 Å². The van der Waals surface area contributed by atoms with Crippen molar-refractivity contribution in [2.45, 2.75) is 0 Å². The van der Waals surface area contributed by atoms with Crippen molar-refractivity contribution in [1.82, 2.24) is 0 Å². The Bertz CT molecular complexity index is 310. The van der Waals surface area contributed by atoms with Gasteiger partial charge in [0.25, 0.3) is 0 Å². The third-order valence-corrected chi connectivity index (χ3v) is 1.73. The Balaban J connectivity index is 2.83. The summed E-state index contributed by atoms with van der Waals surface area (Å²) in [6, 6.07) is 3.75. The molecule has 0 atom stereocenters. The van der Waals surface area contributed by atoms with Crippen molar-refractivity contribution in [3.05, 3.63) is 29.0 Å². The van der Waals surface area contributed by atoms with Gasteiger partial charge in [0, 0.05) is 10.7 Å². The lowest BCUT2D eigenvalue weighted by molar-refractivity contribution is -0.113. The zero-order valence-corrected chi connectivity index (χ0v) is 7.99. The smallest absolute Gasteiger partial charge is 0.239 e. The molecule has 0 aliphatic carbocycles. The number of halogens is 3. The van der Waals surface area contributed by atoms with Crippen molar-refractivity contribution in [1.29, 1.82) is 0 Å². The van der Waals surface area contributed by atoms with Crippen LogP contribution in [0.1, 0.15) is 0 Å². The molecule has 0 fully saturated rings. The van der Waals surface area contributed by atoms with Crippen LogP contribution in [0, 0.1) is 5.82 Å². The molecule has 1 aromatic rings. The second-order valence-corrected chi connectivity index (χ2v) is 3.04. The van der Waals surface area contributed by atoms with Crippen LogP contribution in [-0.2, 0) is 4.79 Å². The molecule has 0 saturated carbocycles. The largest absolute Gasteiger partial charge is 0.325 e. The fourth-order valence-corrected chi connectivity index (χ4v) is 1.11. The monoisotopic (exact) mass is 221 g/mol. The Hall–Kier alpha value is -0.800. The number of alkyl halides is 1. The highest BCUT2D eigenvalue weighted by atomic mass is 35.5. The minimum Gasteiger partial charge on any atom is -0.325 e. The number of rotatable bonds is 2. The summed E-state index contributed by atoms with van der Waals surface area (Å²) < 4.78 is 12.7. The predicted molar refractivity (Wildman–Crippen MR) is 50.8 cm³/mol. The van der Waals surface area contributed by atoms with Crippen molar-refractivity contribution in [3.63, 3.8) is 0 Å². The van der Waals surface area contributed by atoms with E-state index >= 15 is 0 Å². The topological polar surface area (TPSA) is 29.1 Å². The molecule has 0 unspecified atom stereocenters. The van der Waals surface area contributed by atoms with E-state index in [9.17, 15) is 9.18 Å². The molecular weight excluding hydrogens is 216 g/mol. The maximum Gasteiger partial charge on any atom is 0.239 e. The molecule has 0 spiro atoms. The maximum atomic E-state index is 12.7. The summed E-state index contributed by atoms with van der Waals surface area (Å²) in [5, 5.41) is 2.60. The van der Waals surface area contributed by atoms with Gasteiger partial charge in [-0.15, -0.1) is 11.6 Å². The van der Waals surface area contributed by atoms with Crippen LogP contribution in [0.2, 0.25) is 5.02 Å². The number of amides is 1. The SMILES string of the molecule is O=C(CCl)Nc1cc(F)cc(Cl)c1. The Morgan fingerprint density at radius 3 is 2.69 bits per heavy atom. The maximum absolute atomic E-state index is 12.7. The van der Waals surface area contributed by atoms with E-state index in [0.29, 0.717) is 5.69 Å².